The van der Waals surface area contributed by atoms with Crippen molar-refractivity contribution in [3.63, 3.8) is 0 Å². The maximum Gasteiger partial charge on any atom is 0.317 e. The molecule has 0 radical (unpaired) electrons. The van der Waals surface area contributed by atoms with Gasteiger partial charge in [-0.15, -0.1) is 0 Å². The zero-order chi connectivity index (χ0) is 13.5. The van der Waals surface area contributed by atoms with Crippen LogP contribution < -0.4 is 11.1 Å². The van der Waals surface area contributed by atoms with Crippen LogP contribution in [0.1, 0.15) is 64.2 Å². The number of hydrogen-bond donors (Lipinski definition) is 2. The summed E-state index contributed by atoms with van der Waals surface area (Å²) in [5, 5.41) is 3.25. The van der Waals surface area contributed by atoms with Gasteiger partial charge in [-0.2, -0.15) is 0 Å². The lowest BCUT2D eigenvalue weighted by Crippen LogP contribution is -2.49. The van der Waals surface area contributed by atoms with Crippen LogP contribution in [0.15, 0.2) is 0 Å². The van der Waals surface area contributed by atoms with Crippen molar-refractivity contribution in [1.29, 1.82) is 0 Å². The molecular formula is C15H29N3O. The minimum atomic E-state index is 0.159. The molecule has 2 fully saturated rings. The van der Waals surface area contributed by atoms with Gasteiger partial charge in [0.25, 0.3) is 0 Å². The summed E-state index contributed by atoms with van der Waals surface area (Å²) in [6, 6.07) is 1.02. The molecule has 0 spiro atoms. The zero-order valence-corrected chi connectivity index (χ0v) is 12.1. The molecule has 0 aliphatic heterocycles. The van der Waals surface area contributed by atoms with Crippen molar-refractivity contribution in [2.75, 3.05) is 13.1 Å². The van der Waals surface area contributed by atoms with Gasteiger partial charge < -0.3 is 16.0 Å². The second kappa shape index (κ2) is 7.73. The Balaban J connectivity index is 1.86. The lowest BCUT2D eigenvalue weighted by molar-refractivity contribution is 0.167. The molecule has 0 aromatic rings. The van der Waals surface area contributed by atoms with E-state index in [0.29, 0.717) is 18.6 Å². The van der Waals surface area contributed by atoms with Crippen LogP contribution in [0.2, 0.25) is 0 Å². The fraction of sp³-hybridized carbons (Fsp3) is 0.933. The van der Waals surface area contributed by atoms with E-state index in [9.17, 15) is 4.79 Å². The van der Waals surface area contributed by atoms with Crippen molar-refractivity contribution in [2.45, 2.75) is 76.3 Å². The molecule has 0 atom stereocenters. The second-order valence-electron chi connectivity index (χ2n) is 6.06. The van der Waals surface area contributed by atoms with Gasteiger partial charge in [0, 0.05) is 18.6 Å². The molecular weight excluding hydrogens is 238 g/mol. The lowest BCUT2D eigenvalue weighted by Gasteiger charge is -2.32. The lowest BCUT2D eigenvalue weighted by atomic mass is 9.96. The Hall–Kier alpha value is -0.770. The van der Waals surface area contributed by atoms with Crippen molar-refractivity contribution in [1.82, 2.24) is 10.2 Å². The van der Waals surface area contributed by atoms with Gasteiger partial charge in [0.05, 0.1) is 0 Å². The fourth-order valence-electron chi connectivity index (χ4n) is 3.43. The summed E-state index contributed by atoms with van der Waals surface area (Å²) in [4.78, 5) is 14.5. The number of rotatable bonds is 5. The minimum absolute atomic E-state index is 0.159. The third-order valence-corrected chi connectivity index (χ3v) is 4.56. The first-order valence-corrected chi connectivity index (χ1v) is 8.08. The molecule has 2 amide bonds. The Morgan fingerprint density at radius 2 is 1.68 bits per heavy atom. The van der Waals surface area contributed by atoms with Crippen LogP contribution in [0.25, 0.3) is 0 Å². The maximum absolute atomic E-state index is 12.5. The Kier molecular flexibility index (Phi) is 5.95. The van der Waals surface area contributed by atoms with E-state index in [4.69, 9.17) is 5.73 Å². The molecule has 3 N–H and O–H groups in total. The average molecular weight is 267 g/mol. The van der Waals surface area contributed by atoms with Crippen molar-refractivity contribution in [2.24, 2.45) is 5.73 Å². The Morgan fingerprint density at radius 1 is 1.05 bits per heavy atom. The molecule has 0 heterocycles. The number of carbonyl (C=O) groups excluding carboxylic acids is 1. The van der Waals surface area contributed by atoms with Gasteiger partial charge in [0.2, 0.25) is 0 Å². The molecule has 19 heavy (non-hydrogen) atoms. The van der Waals surface area contributed by atoms with E-state index in [1.54, 1.807) is 0 Å². The van der Waals surface area contributed by atoms with E-state index in [1.807, 2.05) is 0 Å². The summed E-state index contributed by atoms with van der Waals surface area (Å²) in [7, 11) is 0. The molecule has 0 bridgehead atoms. The van der Waals surface area contributed by atoms with E-state index in [1.165, 1.54) is 44.9 Å². The number of urea groups is 1. The predicted molar refractivity (Wildman–Crippen MR) is 78.0 cm³/mol. The predicted octanol–water partition coefficient (Wildman–Crippen LogP) is 2.62. The minimum Gasteiger partial charge on any atom is -0.335 e. The van der Waals surface area contributed by atoms with Crippen molar-refractivity contribution in [3.8, 4) is 0 Å². The van der Waals surface area contributed by atoms with E-state index >= 15 is 0 Å². The monoisotopic (exact) mass is 267 g/mol. The summed E-state index contributed by atoms with van der Waals surface area (Å²) in [6.45, 7) is 1.49. The van der Waals surface area contributed by atoms with Crippen LogP contribution in [-0.2, 0) is 0 Å². The summed E-state index contributed by atoms with van der Waals surface area (Å²) in [5.41, 5.74) is 5.60. The largest absolute Gasteiger partial charge is 0.335 e. The van der Waals surface area contributed by atoms with Gasteiger partial charge >= 0.3 is 6.03 Å². The first-order chi connectivity index (χ1) is 9.31. The van der Waals surface area contributed by atoms with E-state index in [-0.39, 0.29) is 6.03 Å². The average Bonchev–Trinajstić information content (AvgIpc) is 2.94. The third-order valence-electron chi connectivity index (χ3n) is 4.56. The van der Waals surface area contributed by atoms with Gasteiger partial charge in [-0.05, 0) is 38.6 Å². The first kappa shape index (κ1) is 14.6. The number of hydrogen-bond acceptors (Lipinski definition) is 2. The maximum atomic E-state index is 12.5. The Bertz CT molecular complexity index is 271. The SMILES string of the molecule is NCCCN(C(=O)NC1CCCCC1)C1CCCC1. The standard InChI is InChI=1S/C15H29N3O/c16-11-6-12-18(14-9-4-5-10-14)15(19)17-13-7-2-1-3-8-13/h13-14H,1-12,16H2,(H,17,19). The van der Waals surface area contributed by atoms with Crippen LogP contribution in [0.4, 0.5) is 4.79 Å². The fourth-order valence-corrected chi connectivity index (χ4v) is 3.43. The van der Waals surface area contributed by atoms with Gasteiger partial charge in [-0.1, -0.05) is 32.1 Å². The van der Waals surface area contributed by atoms with Gasteiger partial charge in [0.1, 0.15) is 0 Å². The van der Waals surface area contributed by atoms with E-state index in [0.717, 1.165) is 25.8 Å². The van der Waals surface area contributed by atoms with Crippen LogP contribution >= 0.6 is 0 Å². The quantitative estimate of drug-likeness (QED) is 0.804. The molecule has 0 saturated heterocycles. The number of carbonyl (C=O) groups is 1. The highest BCUT2D eigenvalue weighted by molar-refractivity contribution is 5.75. The summed E-state index contributed by atoms with van der Waals surface area (Å²) < 4.78 is 0. The van der Waals surface area contributed by atoms with Crippen molar-refractivity contribution >= 4 is 6.03 Å². The highest BCUT2D eigenvalue weighted by Gasteiger charge is 2.27. The molecule has 4 heteroatoms. The van der Waals surface area contributed by atoms with E-state index in [2.05, 4.69) is 10.2 Å². The van der Waals surface area contributed by atoms with Gasteiger partial charge in [-0.3, -0.25) is 0 Å². The third kappa shape index (κ3) is 4.37. The van der Waals surface area contributed by atoms with Crippen LogP contribution in [0, 0.1) is 0 Å². The number of nitrogens with one attached hydrogen (secondary N) is 1. The second-order valence-corrected chi connectivity index (χ2v) is 6.06. The van der Waals surface area contributed by atoms with Crippen LogP contribution in [-0.4, -0.2) is 36.1 Å². The topological polar surface area (TPSA) is 58.4 Å². The molecule has 2 aliphatic rings. The highest BCUT2D eigenvalue weighted by atomic mass is 16.2. The normalized spacial score (nSPS) is 21.5. The Labute approximate surface area is 117 Å². The molecule has 0 unspecified atom stereocenters. The summed E-state index contributed by atoms with van der Waals surface area (Å²) in [5.74, 6) is 0. The number of nitrogens with zero attached hydrogens (tertiary/aromatic N) is 1. The molecule has 0 aromatic heterocycles. The zero-order valence-electron chi connectivity index (χ0n) is 12.1. The number of nitrogens with two attached hydrogens (primary N) is 1. The molecule has 0 aromatic carbocycles. The molecule has 2 rings (SSSR count). The summed E-state index contributed by atoms with van der Waals surface area (Å²) in [6.07, 6.45) is 11.9. The smallest absolute Gasteiger partial charge is 0.317 e. The molecule has 110 valence electrons. The summed E-state index contributed by atoms with van der Waals surface area (Å²) >= 11 is 0. The van der Waals surface area contributed by atoms with Crippen LogP contribution in [0.5, 0.6) is 0 Å². The number of amides is 2. The first-order valence-electron chi connectivity index (χ1n) is 8.08. The molecule has 2 saturated carbocycles. The molecule has 4 nitrogen and oxygen atoms in total. The van der Waals surface area contributed by atoms with Crippen LogP contribution in [0.3, 0.4) is 0 Å². The Morgan fingerprint density at radius 3 is 2.32 bits per heavy atom. The van der Waals surface area contributed by atoms with Crippen molar-refractivity contribution < 1.29 is 4.79 Å². The van der Waals surface area contributed by atoms with Gasteiger partial charge in [-0.25, -0.2) is 4.79 Å². The van der Waals surface area contributed by atoms with E-state index < -0.39 is 0 Å². The molecule has 2 aliphatic carbocycles. The van der Waals surface area contributed by atoms with Crippen molar-refractivity contribution in [3.05, 3.63) is 0 Å². The highest BCUT2D eigenvalue weighted by Crippen LogP contribution is 2.24. The van der Waals surface area contributed by atoms with Gasteiger partial charge in [0.15, 0.2) is 0 Å².